The third-order valence-electron chi connectivity index (χ3n) is 2.37. The first-order chi connectivity index (χ1) is 7.04. The molecule has 0 saturated carbocycles. The van der Waals surface area contributed by atoms with Gasteiger partial charge in [-0.15, -0.1) is 0 Å². The highest BCUT2D eigenvalue weighted by Crippen LogP contribution is 2.29. The van der Waals surface area contributed by atoms with Gasteiger partial charge in [-0.1, -0.05) is 24.9 Å². The molecule has 0 aliphatic rings. The molecule has 0 amide bonds. The van der Waals surface area contributed by atoms with Gasteiger partial charge in [0, 0.05) is 15.5 Å². The van der Waals surface area contributed by atoms with Gasteiger partial charge >= 0.3 is 0 Å². The summed E-state index contributed by atoms with van der Waals surface area (Å²) in [7, 11) is 0. The van der Waals surface area contributed by atoms with Gasteiger partial charge in [0.15, 0.2) is 0 Å². The Morgan fingerprint density at radius 2 is 2.13 bits per heavy atom. The molecule has 0 fully saturated rings. The van der Waals surface area contributed by atoms with Crippen LogP contribution in [-0.2, 0) is 0 Å². The largest absolute Gasteiger partial charge is 0.382 e. The van der Waals surface area contributed by atoms with Crippen LogP contribution >= 0.6 is 27.5 Å². The van der Waals surface area contributed by atoms with Crippen LogP contribution in [0, 0.1) is 6.92 Å². The second-order valence-corrected chi connectivity index (χ2v) is 5.18. The Morgan fingerprint density at radius 3 is 2.73 bits per heavy atom. The standard InChI is InChI=1S/C12H17BrClN/c1-4-5-9(3)15-12-7-11(14)8(2)6-10(12)13/h6-7,9,15H,4-5H2,1-3H3. The van der Waals surface area contributed by atoms with Gasteiger partial charge in [-0.05, 0) is 53.9 Å². The molecule has 0 aliphatic carbocycles. The number of rotatable bonds is 4. The molecule has 1 unspecified atom stereocenters. The fraction of sp³-hybridized carbons (Fsp3) is 0.500. The molecule has 0 aromatic heterocycles. The molecule has 0 radical (unpaired) electrons. The lowest BCUT2D eigenvalue weighted by Crippen LogP contribution is -2.14. The summed E-state index contributed by atoms with van der Waals surface area (Å²) in [6.45, 7) is 6.38. The Balaban J connectivity index is 2.81. The van der Waals surface area contributed by atoms with Crippen molar-refractivity contribution in [1.29, 1.82) is 0 Å². The maximum absolute atomic E-state index is 6.09. The van der Waals surface area contributed by atoms with Crippen molar-refractivity contribution >= 4 is 33.2 Å². The third-order valence-corrected chi connectivity index (χ3v) is 3.44. The molecule has 1 aromatic rings. The molecule has 0 heterocycles. The molecule has 0 spiro atoms. The minimum atomic E-state index is 0.477. The van der Waals surface area contributed by atoms with Crippen LogP contribution < -0.4 is 5.32 Å². The summed E-state index contributed by atoms with van der Waals surface area (Å²) in [6, 6.07) is 4.50. The number of hydrogen-bond donors (Lipinski definition) is 1. The second kappa shape index (κ2) is 5.76. The Kier molecular flexibility index (Phi) is 4.94. The minimum absolute atomic E-state index is 0.477. The number of anilines is 1. The van der Waals surface area contributed by atoms with Gasteiger partial charge in [-0.2, -0.15) is 0 Å². The summed E-state index contributed by atoms with van der Waals surface area (Å²) in [5.74, 6) is 0. The van der Waals surface area contributed by atoms with Gasteiger partial charge in [0.2, 0.25) is 0 Å². The maximum Gasteiger partial charge on any atom is 0.0501 e. The van der Waals surface area contributed by atoms with Gasteiger partial charge in [-0.3, -0.25) is 0 Å². The van der Waals surface area contributed by atoms with Crippen molar-refractivity contribution in [2.75, 3.05) is 5.32 Å². The van der Waals surface area contributed by atoms with E-state index >= 15 is 0 Å². The van der Waals surface area contributed by atoms with Crippen molar-refractivity contribution in [1.82, 2.24) is 0 Å². The monoisotopic (exact) mass is 289 g/mol. The van der Waals surface area contributed by atoms with Crippen LogP contribution in [0.5, 0.6) is 0 Å². The first kappa shape index (κ1) is 12.9. The summed E-state index contributed by atoms with van der Waals surface area (Å²) >= 11 is 9.63. The summed E-state index contributed by atoms with van der Waals surface area (Å²) in [5.41, 5.74) is 2.17. The van der Waals surface area contributed by atoms with E-state index < -0.39 is 0 Å². The quantitative estimate of drug-likeness (QED) is 0.822. The number of halogens is 2. The van der Waals surface area contributed by atoms with Crippen LogP contribution in [0.15, 0.2) is 16.6 Å². The highest BCUT2D eigenvalue weighted by Gasteiger charge is 2.06. The van der Waals surface area contributed by atoms with E-state index in [0.717, 1.165) is 27.2 Å². The topological polar surface area (TPSA) is 12.0 Å². The van der Waals surface area contributed by atoms with Gasteiger partial charge in [0.25, 0.3) is 0 Å². The van der Waals surface area contributed by atoms with Crippen molar-refractivity contribution < 1.29 is 0 Å². The minimum Gasteiger partial charge on any atom is -0.382 e. The smallest absolute Gasteiger partial charge is 0.0501 e. The molecule has 3 heteroatoms. The zero-order valence-electron chi connectivity index (χ0n) is 9.40. The van der Waals surface area contributed by atoms with E-state index in [4.69, 9.17) is 11.6 Å². The molecular formula is C12H17BrClN. The lowest BCUT2D eigenvalue weighted by molar-refractivity contribution is 0.690. The molecule has 1 atom stereocenters. The van der Waals surface area contributed by atoms with Crippen molar-refractivity contribution in [3.05, 3.63) is 27.2 Å². The molecule has 0 aliphatic heterocycles. The average Bonchev–Trinajstić information content (AvgIpc) is 2.14. The van der Waals surface area contributed by atoms with E-state index in [2.05, 4.69) is 35.1 Å². The number of benzene rings is 1. The summed E-state index contributed by atoms with van der Waals surface area (Å²) in [4.78, 5) is 0. The Bertz CT molecular complexity index is 339. The van der Waals surface area contributed by atoms with E-state index in [1.165, 1.54) is 6.42 Å². The number of hydrogen-bond acceptors (Lipinski definition) is 1. The van der Waals surface area contributed by atoms with E-state index in [1.807, 2.05) is 19.1 Å². The maximum atomic E-state index is 6.09. The van der Waals surface area contributed by atoms with E-state index in [-0.39, 0.29) is 0 Å². The molecule has 1 nitrogen and oxygen atoms in total. The van der Waals surface area contributed by atoms with Gasteiger partial charge in [0.05, 0.1) is 5.69 Å². The van der Waals surface area contributed by atoms with Gasteiger partial charge in [-0.25, -0.2) is 0 Å². The zero-order chi connectivity index (χ0) is 11.4. The number of nitrogens with one attached hydrogen (secondary N) is 1. The van der Waals surface area contributed by atoms with Crippen LogP contribution in [0.4, 0.5) is 5.69 Å². The van der Waals surface area contributed by atoms with Crippen LogP contribution in [0.3, 0.4) is 0 Å². The van der Waals surface area contributed by atoms with Crippen molar-refractivity contribution in [3.8, 4) is 0 Å². The molecule has 15 heavy (non-hydrogen) atoms. The van der Waals surface area contributed by atoms with Gasteiger partial charge in [0.1, 0.15) is 0 Å². The van der Waals surface area contributed by atoms with Crippen molar-refractivity contribution in [2.24, 2.45) is 0 Å². The first-order valence-electron chi connectivity index (χ1n) is 5.26. The van der Waals surface area contributed by atoms with Crippen molar-refractivity contribution in [3.63, 3.8) is 0 Å². The molecular weight excluding hydrogens is 273 g/mol. The summed E-state index contributed by atoms with van der Waals surface area (Å²) in [5, 5.41) is 4.26. The summed E-state index contributed by atoms with van der Waals surface area (Å²) in [6.07, 6.45) is 2.35. The lowest BCUT2D eigenvalue weighted by atomic mass is 10.1. The molecule has 1 rings (SSSR count). The molecule has 1 aromatic carbocycles. The predicted molar refractivity (Wildman–Crippen MR) is 71.9 cm³/mol. The molecule has 1 N–H and O–H groups in total. The lowest BCUT2D eigenvalue weighted by Gasteiger charge is -2.16. The summed E-state index contributed by atoms with van der Waals surface area (Å²) < 4.78 is 1.08. The Hall–Kier alpha value is -0.210. The predicted octanol–water partition coefficient (Wildman–Crippen LogP) is 5.01. The average molecular weight is 291 g/mol. The molecule has 0 saturated heterocycles. The second-order valence-electron chi connectivity index (χ2n) is 3.92. The van der Waals surface area contributed by atoms with Crippen LogP contribution in [0.25, 0.3) is 0 Å². The normalized spacial score (nSPS) is 12.6. The van der Waals surface area contributed by atoms with E-state index in [9.17, 15) is 0 Å². The third kappa shape index (κ3) is 3.69. The first-order valence-corrected chi connectivity index (χ1v) is 6.44. The van der Waals surface area contributed by atoms with Crippen LogP contribution in [-0.4, -0.2) is 6.04 Å². The van der Waals surface area contributed by atoms with Crippen molar-refractivity contribution in [2.45, 2.75) is 39.7 Å². The molecule has 84 valence electrons. The van der Waals surface area contributed by atoms with Crippen LogP contribution in [0.2, 0.25) is 5.02 Å². The molecule has 0 bridgehead atoms. The highest BCUT2D eigenvalue weighted by atomic mass is 79.9. The fourth-order valence-corrected chi connectivity index (χ4v) is 2.26. The van der Waals surface area contributed by atoms with Gasteiger partial charge < -0.3 is 5.32 Å². The Morgan fingerprint density at radius 1 is 1.47 bits per heavy atom. The highest BCUT2D eigenvalue weighted by molar-refractivity contribution is 9.10. The SMILES string of the molecule is CCCC(C)Nc1cc(Cl)c(C)cc1Br. The number of aryl methyl sites for hydroxylation is 1. The Labute approximate surface area is 105 Å². The van der Waals surface area contributed by atoms with E-state index in [0.29, 0.717) is 6.04 Å². The van der Waals surface area contributed by atoms with E-state index in [1.54, 1.807) is 0 Å². The zero-order valence-corrected chi connectivity index (χ0v) is 11.7. The fourth-order valence-electron chi connectivity index (χ4n) is 1.53. The van der Waals surface area contributed by atoms with Crippen LogP contribution in [0.1, 0.15) is 32.3 Å².